The Labute approximate surface area is 140 Å². The summed E-state index contributed by atoms with van der Waals surface area (Å²) in [5, 5.41) is 0. The third-order valence-corrected chi connectivity index (χ3v) is 6.73. The zero-order valence-electron chi connectivity index (χ0n) is 15.3. The van der Waals surface area contributed by atoms with Gasteiger partial charge in [-0.15, -0.1) is 0 Å². The monoisotopic (exact) mass is 305 g/mol. The maximum atomic E-state index is 4.58. The van der Waals surface area contributed by atoms with Crippen LogP contribution >= 0.6 is 0 Å². The molecule has 22 heavy (non-hydrogen) atoms. The average molecular weight is 306 g/mol. The number of hydrogen-bond acceptors (Lipinski definition) is 0. The van der Waals surface area contributed by atoms with Crippen LogP contribution in [0.5, 0.6) is 0 Å². The molecule has 0 saturated heterocycles. The molecule has 2 atom stereocenters. The largest absolute Gasteiger partial charge is 0.0622 e. The van der Waals surface area contributed by atoms with Crippen LogP contribution in [0.4, 0.5) is 0 Å². The first-order chi connectivity index (χ1) is 10.8. The molecule has 0 amide bonds. The molecule has 0 heterocycles. The van der Waals surface area contributed by atoms with E-state index in [-0.39, 0.29) is 0 Å². The lowest BCUT2D eigenvalue weighted by Gasteiger charge is -2.28. The van der Waals surface area contributed by atoms with Crippen molar-refractivity contribution in [3.63, 3.8) is 0 Å². The summed E-state index contributed by atoms with van der Waals surface area (Å²) in [5.41, 5.74) is 0. The van der Waals surface area contributed by atoms with Crippen LogP contribution in [0.25, 0.3) is 0 Å². The first-order valence-electron chi connectivity index (χ1n) is 10.6. The molecule has 1 radical (unpaired) electrons. The number of hydrogen-bond donors (Lipinski definition) is 0. The normalized spacial score (nSPS) is 25.4. The minimum Gasteiger partial charge on any atom is -0.0622 e. The van der Waals surface area contributed by atoms with E-state index in [9.17, 15) is 0 Å². The van der Waals surface area contributed by atoms with E-state index in [1.165, 1.54) is 103 Å². The predicted molar refractivity (Wildman–Crippen MR) is 98.9 cm³/mol. The standard InChI is InChI=1S/C22H41/c1-19(20(2)22-17-9-5-6-10-18-22)13-11-12-16-21-14-7-3-4-8-15-21/h19-22H,2-18H2,1H3. The Morgan fingerprint density at radius 3 is 1.91 bits per heavy atom. The van der Waals surface area contributed by atoms with Gasteiger partial charge < -0.3 is 0 Å². The Bertz CT molecular complexity index is 253. The minimum absolute atomic E-state index is 0.719. The Morgan fingerprint density at radius 1 is 0.773 bits per heavy atom. The zero-order valence-corrected chi connectivity index (χ0v) is 15.3. The molecule has 0 N–H and O–H groups in total. The quantitative estimate of drug-likeness (QED) is 0.336. The van der Waals surface area contributed by atoms with Crippen molar-refractivity contribution < 1.29 is 0 Å². The van der Waals surface area contributed by atoms with Crippen molar-refractivity contribution >= 4 is 0 Å². The molecule has 0 aromatic rings. The lowest BCUT2D eigenvalue weighted by molar-refractivity contribution is 0.249. The first-order valence-corrected chi connectivity index (χ1v) is 10.6. The van der Waals surface area contributed by atoms with Gasteiger partial charge in [-0.3, -0.25) is 0 Å². The fourth-order valence-electron chi connectivity index (χ4n) is 4.97. The molecule has 2 saturated carbocycles. The molecule has 2 fully saturated rings. The SMILES string of the molecule is [CH2]C(C(C)CCCCC1CCCCCC1)C1CCCCCC1. The van der Waals surface area contributed by atoms with Gasteiger partial charge in [0.2, 0.25) is 0 Å². The van der Waals surface area contributed by atoms with Crippen molar-refractivity contribution in [2.45, 2.75) is 110 Å². The molecule has 0 aromatic carbocycles. The highest BCUT2D eigenvalue weighted by Gasteiger charge is 2.23. The average Bonchev–Trinajstić information content (AvgIpc) is 2.95. The van der Waals surface area contributed by atoms with E-state index in [4.69, 9.17) is 0 Å². The smallest absolute Gasteiger partial charge is 0.0360 e. The topological polar surface area (TPSA) is 0 Å². The third kappa shape index (κ3) is 6.63. The zero-order chi connectivity index (χ0) is 15.6. The van der Waals surface area contributed by atoms with Gasteiger partial charge in [-0.2, -0.15) is 0 Å². The summed E-state index contributed by atoms with van der Waals surface area (Å²) >= 11 is 0. The molecule has 0 aliphatic heterocycles. The Morgan fingerprint density at radius 2 is 1.32 bits per heavy atom. The molecular weight excluding hydrogens is 264 g/mol. The molecule has 2 unspecified atom stereocenters. The summed E-state index contributed by atoms with van der Waals surface area (Å²) < 4.78 is 0. The predicted octanol–water partition coefficient (Wildman–Crippen LogP) is 7.57. The van der Waals surface area contributed by atoms with Crippen LogP contribution in [-0.4, -0.2) is 0 Å². The summed E-state index contributed by atoms with van der Waals surface area (Å²) in [6, 6.07) is 0. The lowest BCUT2D eigenvalue weighted by atomic mass is 9.77. The molecule has 0 nitrogen and oxygen atoms in total. The maximum Gasteiger partial charge on any atom is -0.0360 e. The van der Waals surface area contributed by atoms with Crippen LogP contribution in [-0.2, 0) is 0 Å². The van der Waals surface area contributed by atoms with Crippen molar-refractivity contribution in [1.82, 2.24) is 0 Å². The van der Waals surface area contributed by atoms with Gasteiger partial charge in [0.05, 0.1) is 0 Å². The van der Waals surface area contributed by atoms with Gasteiger partial charge in [-0.25, -0.2) is 0 Å². The van der Waals surface area contributed by atoms with E-state index >= 15 is 0 Å². The van der Waals surface area contributed by atoms with Crippen LogP contribution in [0.3, 0.4) is 0 Å². The lowest BCUT2D eigenvalue weighted by Crippen LogP contribution is -2.19. The second-order valence-corrected chi connectivity index (χ2v) is 8.53. The first kappa shape index (κ1) is 18.3. The van der Waals surface area contributed by atoms with Gasteiger partial charge in [-0.05, 0) is 30.6 Å². The van der Waals surface area contributed by atoms with E-state index in [0.717, 1.165) is 23.7 Å². The van der Waals surface area contributed by atoms with Gasteiger partial charge in [0.25, 0.3) is 0 Å². The molecule has 2 rings (SSSR count). The molecule has 129 valence electrons. The van der Waals surface area contributed by atoms with Crippen molar-refractivity contribution in [1.29, 1.82) is 0 Å². The highest BCUT2D eigenvalue weighted by molar-refractivity contribution is 4.79. The van der Waals surface area contributed by atoms with Crippen molar-refractivity contribution in [2.24, 2.45) is 23.7 Å². The van der Waals surface area contributed by atoms with Gasteiger partial charge in [0.1, 0.15) is 0 Å². The fourth-order valence-corrected chi connectivity index (χ4v) is 4.97. The van der Waals surface area contributed by atoms with Gasteiger partial charge in [0, 0.05) is 0 Å². The molecule has 2 aliphatic rings. The summed E-state index contributed by atoms with van der Waals surface area (Å²) in [5.74, 6) is 3.56. The summed E-state index contributed by atoms with van der Waals surface area (Å²) in [4.78, 5) is 0. The summed E-state index contributed by atoms with van der Waals surface area (Å²) in [7, 11) is 0. The Hall–Kier alpha value is 0. The van der Waals surface area contributed by atoms with Crippen molar-refractivity contribution in [3.8, 4) is 0 Å². The molecule has 0 aromatic heterocycles. The van der Waals surface area contributed by atoms with E-state index in [1.807, 2.05) is 0 Å². The third-order valence-electron chi connectivity index (χ3n) is 6.73. The molecule has 0 spiro atoms. The van der Waals surface area contributed by atoms with Crippen LogP contribution in [0.15, 0.2) is 0 Å². The summed E-state index contributed by atoms with van der Waals surface area (Å²) in [6.45, 7) is 7.06. The van der Waals surface area contributed by atoms with E-state index in [0.29, 0.717) is 0 Å². The van der Waals surface area contributed by atoms with Crippen LogP contribution in [0, 0.1) is 30.6 Å². The van der Waals surface area contributed by atoms with Crippen molar-refractivity contribution in [3.05, 3.63) is 6.92 Å². The van der Waals surface area contributed by atoms with Crippen LogP contribution in [0.2, 0.25) is 0 Å². The van der Waals surface area contributed by atoms with E-state index < -0.39 is 0 Å². The summed E-state index contributed by atoms with van der Waals surface area (Å²) in [6.07, 6.45) is 23.7. The Kier molecular flexibility index (Phi) is 8.93. The van der Waals surface area contributed by atoms with Gasteiger partial charge in [-0.1, -0.05) is 110 Å². The second-order valence-electron chi connectivity index (χ2n) is 8.53. The molecular formula is C22H41. The molecule has 0 bridgehead atoms. The number of unbranched alkanes of at least 4 members (excludes halogenated alkanes) is 1. The Balaban J connectivity index is 1.58. The van der Waals surface area contributed by atoms with Gasteiger partial charge in [0.15, 0.2) is 0 Å². The fraction of sp³-hybridized carbons (Fsp3) is 0.955. The van der Waals surface area contributed by atoms with Crippen molar-refractivity contribution in [2.75, 3.05) is 0 Å². The highest BCUT2D eigenvalue weighted by atomic mass is 14.3. The second kappa shape index (κ2) is 10.7. The molecule has 2 aliphatic carbocycles. The maximum absolute atomic E-state index is 4.58. The minimum atomic E-state index is 0.719. The van der Waals surface area contributed by atoms with E-state index in [1.54, 1.807) is 0 Å². The number of rotatable bonds is 7. The van der Waals surface area contributed by atoms with E-state index in [2.05, 4.69) is 13.8 Å². The molecule has 0 heteroatoms. The van der Waals surface area contributed by atoms with Crippen LogP contribution < -0.4 is 0 Å². The highest BCUT2D eigenvalue weighted by Crippen LogP contribution is 2.35. The van der Waals surface area contributed by atoms with Crippen LogP contribution in [0.1, 0.15) is 110 Å². The van der Waals surface area contributed by atoms with Gasteiger partial charge >= 0.3 is 0 Å².